The Labute approximate surface area is 163 Å². The van der Waals surface area contributed by atoms with Crippen molar-refractivity contribution < 1.29 is 27.5 Å². The molecule has 4 rings (SSSR count). The van der Waals surface area contributed by atoms with E-state index < -0.39 is 23.7 Å². The molecule has 2 aliphatic rings. The molecule has 2 saturated carbocycles. The van der Waals surface area contributed by atoms with Crippen LogP contribution in [0.1, 0.15) is 66.2 Å². The number of carboxylic acid groups (broad SMARTS) is 1. The molecular weight excluding hydrogens is 400 g/mol. The Morgan fingerprint density at radius 3 is 2.43 bits per heavy atom. The molecule has 0 aliphatic heterocycles. The van der Waals surface area contributed by atoms with E-state index in [4.69, 9.17) is 11.6 Å². The highest BCUT2D eigenvalue weighted by Gasteiger charge is 2.48. The van der Waals surface area contributed by atoms with Crippen LogP contribution in [0.3, 0.4) is 0 Å². The van der Waals surface area contributed by atoms with Gasteiger partial charge in [-0.25, -0.2) is 27.3 Å². The predicted octanol–water partition coefficient (Wildman–Crippen LogP) is 5.57. The lowest BCUT2D eigenvalue weighted by molar-refractivity contribution is -0.0878. The van der Waals surface area contributed by atoms with E-state index in [9.17, 15) is 27.5 Å². The van der Waals surface area contributed by atoms with Gasteiger partial charge in [0.1, 0.15) is 5.65 Å². The molecule has 1 N–H and O–H groups in total. The van der Waals surface area contributed by atoms with E-state index in [0.717, 1.165) is 0 Å². The number of imidazole rings is 1. The Hall–Kier alpha value is -1.83. The van der Waals surface area contributed by atoms with Gasteiger partial charge in [0.2, 0.25) is 11.8 Å². The summed E-state index contributed by atoms with van der Waals surface area (Å²) in [6.07, 6.45) is 1.56. The van der Waals surface area contributed by atoms with Crippen LogP contribution < -0.4 is 0 Å². The minimum absolute atomic E-state index is 0.00297. The molecule has 0 spiro atoms. The number of halogens is 5. The van der Waals surface area contributed by atoms with Gasteiger partial charge in [-0.05, 0) is 31.2 Å². The Morgan fingerprint density at radius 1 is 1.21 bits per heavy atom. The quantitative estimate of drug-likeness (QED) is 0.661. The van der Waals surface area contributed by atoms with Crippen molar-refractivity contribution >= 4 is 23.2 Å². The summed E-state index contributed by atoms with van der Waals surface area (Å²) >= 11 is 6.08. The maximum atomic E-state index is 13.5. The van der Waals surface area contributed by atoms with Crippen LogP contribution in [0.15, 0.2) is 12.3 Å². The number of aromatic carboxylic acids is 1. The van der Waals surface area contributed by atoms with Crippen molar-refractivity contribution in [3.05, 3.63) is 34.2 Å². The van der Waals surface area contributed by atoms with Gasteiger partial charge in [-0.2, -0.15) is 0 Å². The monoisotopic (exact) mass is 418 g/mol. The van der Waals surface area contributed by atoms with Gasteiger partial charge >= 0.3 is 5.97 Å². The zero-order valence-electron chi connectivity index (χ0n) is 14.9. The first-order valence-corrected chi connectivity index (χ1v) is 9.62. The van der Waals surface area contributed by atoms with E-state index in [-0.39, 0.29) is 42.2 Å². The average Bonchev–Trinajstić information content (AvgIpc) is 2.91. The molecule has 2 aromatic rings. The van der Waals surface area contributed by atoms with Gasteiger partial charge in [-0.3, -0.25) is 0 Å². The first-order chi connectivity index (χ1) is 13.0. The lowest BCUT2D eigenvalue weighted by atomic mass is 9.77. The zero-order chi connectivity index (χ0) is 20.3. The van der Waals surface area contributed by atoms with Crippen molar-refractivity contribution in [1.29, 1.82) is 0 Å². The third kappa shape index (κ3) is 3.58. The summed E-state index contributed by atoms with van der Waals surface area (Å²) < 4.78 is 55.4. The minimum atomic E-state index is -2.73. The second-order valence-corrected chi connectivity index (χ2v) is 8.38. The van der Waals surface area contributed by atoms with Crippen molar-refractivity contribution in [1.82, 2.24) is 9.38 Å². The summed E-state index contributed by atoms with van der Waals surface area (Å²) in [5, 5.41) is 9.27. The normalized spacial score (nSPS) is 22.3. The summed E-state index contributed by atoms with van der Waals surface area (Å²) in [6.45, 7) is 0. The number of hydrogen-bond acceptors (Lipinski definition) is 2. The molecule has 2 aromatic heterocycles. The van der Waals surface area contributed by atoms with Crippen molar-refractivity contribution in [3.8, 4) is 0 Å². The largest absolute Gasteiger partial charge is 0.478 e. The van der Waals surface area contributed by atoms with Crippen molar-refractivity contribution in [2.24, 2.45) is 5.92 Å². The number of carbonyl (C=O) groups is 1. The summed E-state index contributed by atoms with van der Waals surface area (Å²) in [4.78, 5) is 15.8. The second-order valence-electron chi connectivity index (χ2n) is 7.98. The van der Waals surface area contributed by atoms with E-state index in [1.165, 1.54) is 12.3 Å². The molecule has 0 amide bonds. The predicted molar refractivity (Wildman–Crippen MR) is 94.7 cm³/mol. The lowest BCUT2D eigenvalue weighted by Crippen LogP contribution is -2.34. The van der Waals surface area contributed by atoms with Gasteiger partial charge < -0.3 is 9.51 Å². The number of fused-ring (bicyclic) bond motifs is 1. The Morgan fingerprint density at radius 2 is 1.86 bits per heavy atom. The topological polar surface area (TPSA) is 54.6 Å². The molecule has 0 unspecified atom stereocenters. The van der Waals surface area contributed by atoms with Crippen molar-refractivity contribution in [2.75, 3.05) is 0 Å². The molecule has 0 radical (unpaired) electrons. The van der Waals surface area contributed by atoms with Gasteiger partial charge in [-0.1, -0.05) is 11.6 Å². The molecule has 0 atom stereocenters. The molecule has 0 bridgehead atoms. The molecule has 0 saturated heterocycles. The second kappa shape index (κ2) is 6.61. The van der Waals surface area contributed by atoms with E-state index in [1.807, 2.05) is 0 Å². The first kappa shape index (κ1) is 19.5. The molecule has 2 heterocycles. The number of alkyl halides is 4. The van der Waals surface area contributed by atoms with E-state index in [0.29, 0.717) is 36.3 Å². The standard InChI is InChI=1S/C19H19ClF4N2O2/c20-13-9-26-14(5-10-1-3-18(21,22)4-2-10)16(11-7-19(23,24)8-11)25-15(26)6-12(13)17(27)28/h6,9-11H,1-5,7-8H2,(H,27,28). The van der Waals surface area contributed by atoms with Crippen molar-refractivity contribution in [2.45, 2.75) is 62.7 Å². The molecule has 0 aromatic carbocycles. The van der Waals surface area contributed by atoms with Gasteiger partial charge in [0.05, 0.1) is 16.3 Å². The maximum Gasteiger partial charge on any atom is 0.337 e. The Balaban J connectivity index is 1.71. The number of aromatic nitrogens is 2. The number of rotatable bonds is 4. The fourth-order valence-corrected chi connectivity index (χ4v) is 4.49. The third-order valence-corrected chi connectivity index (χ3v) is 6.17. The third-order valence-electron chi connectivity index (χ3n) is 5.87. The van der Waals surface area contributed by atoms with Gasteiger partial charge in [-0.15, -0.1) is 0 Å². The zero-order valence-corrected chi connectivity index (χ0v) is 15.7. The van der Waals surface area contributed by atoms with Crippen LogP contribution in [0, 0.1) is 5.92 Å². The maximum absolute atomic E-state index is 13.5. The molecule has 152 valence electrons. The van der Waals surface area contributed by atoms with Gasteiger partial charge in [0.15, 0.2) is 0 Å². The fraction of sp³-hybridized carbons (Fsp3) is 0.579. The number of carboxylic acids is 1. The molecule has 28 heavy (non-hydrogen) atoms. The van der Waals surface area contributed by atoms with E-state index in [1.54, 1.807) is 4.40 Å². The van der Waals surface area contributed by atoms with E-state index >= 15 is 0 Å². The summed E-state index contributed by atoms with van der Waals surface area (Å²) in [7, 11) is 0. The van der Waals surface area contributed by atoms with Crippen LogP contribution in [0.25, 0.3) is 5.65 Å². The Bertz CT molecular complexity index is 926. The number of pyridine rings is 1. The summed E-state index contributed by atoms with van der Waals surface area (Å²) in [5.74, 6) is -7.01. The molecule has 4 nitrogen and oxygen atoms in total. The number of nitrogens with zero attached hydrogens (tertiary/aromatic N) is 2. The lowest BCUT2D eigenvalue weighted by Gasteiger charge is -2.35. The van der Waals surface area contributed by atoms with Crippen LogP contribution in [-0.2, 0) is 6.42 Å². The highest BCUT2D eigenvalue weighted by molar-refractivity contribution is 6.33. The first-order valence-electron chi connectivity index (χ1n) is 9.24. The van der Waals surface area contributed by atoms with E-state index in [2.05, 4.69) is 4.98 Å². The van der Waals surface area contributed by atoms with Gasteiger partial charge in [0, 0.05) is 43.5 Å². The van der Waals surface area contributed by atoms with Crippen LogP contribution in [0.5, 0.6) is 0 Å². The van der Waals surface area contributed by atoms with Crippen molar-refractivity contribution in [3.63, 3.8) is 0 Å². The molecule has 2 fully saturated rings. The number of hydrogen-bond donors (Lipinski definition) is 1. The van der Waals surface area contributed by atoms with Gasteiger partial charge in [0.25, 0.3) is 0 Å². The van der Waals surface area contributed by atoms with Crippen LogP contribution in [-0.4, -0.2) is 32.3 Å². The summed E-state index contributed by atoms with van der Waals surface area (Å²) in [6, 6.07) is 1.32. The molecular formula is C19H19ClF4N2O2. The smallest absolute Gasteiger partial charge is 0.337 e. The highest BCUT2D eigenvalue weighted by atomic mass is 35.5. The average molecular weight is 419 g/mol. The van der Waals surface area contributed by atoms with Crippen LogP contribution in [0.4, 0.5) is 17.6 Å². The van der Waals surface area contributed by atoms with Crippen LogP contribution >= 0.6 is 11.6 Å². The Kier molecular flexibility index (Phi) is 4.60. The minimum Gasteiger partial charge on any atom is -0.478 e. The molecule has 2 aliphatic carbocycles. The SMILES string of the molecule is O=C(O)c1cc2nc(C3CC(F)(F)C3)c(CC3CCC(F)(F)CC3)n2cc1Cl. The summed E-state index contributed by atoms with van der Waals surface area (Å²) in [5.41, 5.74) is 1.38. The molecule has 9 heteroatoms. The fourth-order valence-electron chi connectivity index (χ4n) is 4.26. The van der Waals surface area contributed by atoms with Crippen LogP contribution in [0.2, 0.25) is 5.02 Å². The highest BCUT2D eigenvalue weighted by Crippen LogP contribution is 2.49.